The molecule has 4 heteroatoms. The van der Waals surface area contributed by atoms with Gasteiger partial charge in [-0.1, -0.05) is 36.4 Å². The second kappa shape index (κ2) is 6.41. The highest BCUT2D eigenvalue weighted by Crippen LogP contribution is 2.47. The molecule has 2 nitrogen and oxygen atoms in total. The van der Waals surface area contributed by atoms with E-state index in [0.717, 1.165) is 5.69 Å². The lowest BCUT2D eigenvalue weighted by atomic mass is 10.0. The molecular weight excluding hydrogens is 440 g/mol. The van der Waals surface area contributed by atoms with Gasteiger partial charge in [-0.2, -0.15) is 0 Å². The van der Waals surface area contributed by atoms with Crippen LogP contribution in [0.15, 0.2) is 97.3 Å². The molecule has 0 spiro atoms. The Hall–Kier alpha value is -3.73. The molecule has 8 aromatic rings. The van der Waals surface area contributed by atoms with Crippen LogP contribution in [-0.4, -0.2) is 9.55 Å². The first kappa shape index (κ1) is 17.8. The average molecular weight is 457 g/mol. The maximum Gasteiger partial charge on any atom is 0.0548 e. The van der Waals surface area contributed by atoms with Gasteiger partial charge in [-0.05, 0) is 48.5 Å². The molecule has 0 N–H and O–H groups in total. The van der Waals surface area contributed by atoms with Crippen molar-refractivity contribution in [1.29, 1.82) is 0 Å². The van der Waals surface area contributed by atoms with Gasteiger partial charge in [0.25, 0.3) is 0 Å². The van der Waals surface area contributed by atoms with Gasteiger partial charge in [0.2, 0.25) is 0 Å². The van der Waals surface area contributed by atoms with Gasteiger partial charge < -0.3 is 4.57 Å². The van der Waals surface area contributed by atoms with Crippen LogP contribution in [0.1, 0.15) is 0 Å². The summed E-state index contributed by atoms with van der Waals surface area (Å²) < 4.78 is 7.77. The Labute approximate surface area is 196 Å². The van der Waals surface area contributed by atoms with Crippen molar-refractivity contribution in [2.24, 2.45) is 0 Å². The lowest BCUT2D eigenvalue weighted by molar-refractivity contribution is 1.16. The summed E-state index contributed by atoms with van der Waals surface area (Å²) in [5, 5.41) is 8.13. The lowest BCUT2D eigenvalue weighted by Crippen LogP contribution is -1.93. The number of benzene rings is 4. The summed E-state index contributed by atoms with van der Waals surface area (Å²) in [6.45, 7) is 0. The summed E-state index contributed by atoms with van der Waals surface area (Å²) in [5.41, 5.74) is 3.63. The van der Waals surface area contributed by atoms with E-state index in [4.69, 9.17) is 0 Å². The summed E-state index contributed by atoms with van der Waals surface area (Å²) in [4.78, 5) is 4.27. The molecule has 0 radical (unpaired) electrons. The van der Waals surface area contributed by atoms with Crippen LogP contribution >= 0.6 is 22.7 Å². The second-order valence-corrected chi connectivity index (χ2v) is 10.6. The number of rotatable bonds is 1. The average Bonchev–Trinajstić information content (AvgIpc) is 3.53. The molecule has 0 unspecified atom stereocenters. The first-order valence-corrected chi connectivity index (χ1v) is 12.6. The topological polar surface area (TPSA) is 17.8 Å². The molecule has 0 bridgehead atoms. The molecule has 4 heterocycles. The van der Waals surface area contributed by atoms with E-state index >= 15 is 0 Å². The van der Waals surface area contributed by atoms with Crippen LogP contribution < -0.4 is 0 Å². The Bertz CT molecular complexity index is 1900. The highest BCUT2D eigenvalue weighted by molar-refractivity contribution is 7.26. The fraction of sp³-hybridized carbons (Fsp3) is 0. The Morgan fingerprint density at radius 1 is 0.485 bits per heavy atom. The van der Waals surface area contributed by atoms with Crippen molar-refractivity contribution in [2.45, 2.75) is 0 Å². The van der Waals surface area contributed by atoms with E-state index in [1.54, 1.807) is 0 Å². The molecule has 0 saturated heterocycles. The van der Waals surface area contributed by atoms with E-state index in [2.05, 4.69) is 94.5 Å². The summed E-state index contributed by atoms with van der Waals surface area (Å²) >= 11 is 3.77. The van der Waals surface area contributed by atoms with Gasteiger partial charge in [0, 0.05) is 69.2 Å². The van der Waals surface area contributed by atoms with E-state index in [0.29, 0.717) is 0 Å². The number of thiophene rings is 2. The van der Waals surface area contributed by atoms with Gasteiger partial charge in [0.15, 0.2) is 0 Å². The molecule has 33 heavy (non-hydrogen) atoms. The fourth-order valence-electron chi connectivity index (χ4n) is 5.39. The normalized spacial score (nSPS) is 12.2. The minimum atomic E-state index is 1.14. The second-order valence-electron chi connectivity index (χ2n) is 8.40. The number of hydrogen-bond donors (Lipinski definition) is 0. The molecule has 0 aliphatic carbocycles. The lowest BCUT2D eigenvalue weighted by Gasteiger charge is -2.07. The predicted molar refractivity (Wildman–Crippen MR) is 144 cm³/mol. The van der Waals surface area contributed by atoms with Crippen LogP contribution in [0.3, 0.4) is 0 Å². The van der Waals surface area contributed by atoms with Crippen molar-refractivity contribution in [2.75, 3.05) is 0 Å². The van der Waals surface area contributed by atoms with E-state index < -0.39 is 0 Å². The van der Waals surface area contributed by atoms with Crippen molar-refractivity contribution < 1.29 is 0 Å². The molecule has 0 atom stereocenters. The number of fused-ring (bicyclic) bond motifs is 11. The Kier molecular flexibility index (Phi) is 3.45. The number of aromatic nitrogens is 2. The minimum absolute atomic E-state index is 1.14. The van der Waals surface area contributed by atoms with Crippen LogP contribution in [0.25, 0.3) is 67.8 Å². The third-order valence-electron chi connectivity index (χ3n) is 6.70. The van der Waals surface area contributed by atoms with E-state index in [9.17, 15) is 0 Å². The molecule has 0 amide bonds. The van der Waals surface area contributed by atoms with Crippen LogP contribution in [0, 0.1) is 0 Å². The SMILES string of the molecule is c1ccc2c(c1)sc1ccc3c(c12)c1c2c(ccc1n3-c1ccncc1)sc1ccccc12. The third kappa shape index (κ3) is 2.29. The molecule has 8 rings (SSSR count). The largest absolute Gasteiger partial charge is 0.309 e. The molecule has 4 aromatic carbocycles. The smallest absolute Gasteiger partial charge is 0.0548 e. The number of pyridine rings is 1. The zero-order chi connectivity index (χ0) is 21.5. The Morgan fingerprint density at radius 2 is 1.00 bits per heavy atom. The number of hydrogen-bond acceptors (Lipinski definition) is 3. The fourth-order valence-corrected chi connectivity index (χ4v) is 7.62. The highest BCUT2D eigenvalue weighted by atomic mass is 32.1. The maximum absolute atomic E-state index is 4.27. The molecule has 154 valence electrons. The molecule has 0 saturated carbocycles. The molecule has 0 aliphatic heterocycles. The van der Waals surface area contributed by atoms with Crippen LogP contribution in [0.2, 0.25) is 0 Å². The highest BCUT2D eigenvalue weighted by Gasteiger charge is 2.21. The van der Waals surface area contributed by atoms with Crippen molar-refractivity contribution in [3.05, 3.63) is 97.3 Å². The van der Waals surface area contributed by atoms with E-state index in [-0.39, 0.29) is 0 Å². The Balaban J connectivity index is 1.74. The van der Waals surface area contributed by atoms with Gasteiger partial charge in [0.05, 0.1) is 11.0 Å². The first-order valence-electron chi connectivity index (χ1n) is 11.0. The summed E-state index contributed by atoms with van der Waals surface area (Å²) in [7, 11) is 0. The maximum atomic E-state index is 4.27. The predicted octanol–water partition coefficient (Wildman–Crippen LogP) is 8.91. The van der Waals surface area contributed by atoms with Crippen molar-refractivity contribution in [3.8, 4) is 5.69 Å². The quantitative estimate of drug-likeness (QED) is 0.241. The standard InChI is InChI=1S/C29H16N2S2/c1-3-7-22-18(5-1)26-24(32-22)11-9-20-28(26)29-21(31(20)17-13-15-30-16-14-17)10-12-25-27(29)19-6-2-4-8-23(19)33-25/h1-16H. The van der Waals surface area contributed by atoms with Gasteiger partial charge >= 0.3 is 0 Å². The van der Waals surface area contributed by atoms with Crippen LogP contribution in [-0.2, 0) is 0 Å². The van der Waals surface area contributed by atoms with Crippen molar-refractivity contribution in [1.82, 2.24) is 9.55 Å². The van der Waals surface area contributed by atoms with Crippen LogP contribution in [0.4, 0.5) is 0 Å². The van der Waals surface area contributed by atoms with Gasteiger partial charge in [-0.15, -0.1) is 22.7 Å². The van der Waals surface area contributed by atoms with E-state index in [1.165, 1.54) is 62.2 Å². The van der Waals surface area contributed by atoms with Crippen LogP contribution in [0.5, 0.6) is 0 Å². The zero-order valence-corrected chi connectivity index (χ0v) is 19.1. The first-order chi connectivity index (χ1) is 16.4. The summed E-state index contributed by atoms with van der Waals surface area (Å²) in [6.07, 6.45) is 3.76. The zero-order valence-electron chi connectivity index (χ0n) is 17.4. The van der Waals surface area contributed by atoms with Crippen molar-refractivity contribution in [3.63, 3.8) is 0 Å². The minimum Gasteiger partial charge on any atom is -0.309 e. The molecule has 4 aromatic heterocycles. The monoisotopic (exact) mass is 456 g/mol. The molecular formula is C29H16N2S2. The van der Waals surface area contributed by atoms with Gasteiger partial charge in [-0.25, -0.2) is 0 Å². The van der Waals surface area contributed by atoms with E-state index in [1.807, 2.05) is 35.1 Å². The third-order valence-corrected chi connectivity index (χ3v) is 8.97. The summed E-state index contributed by atoms with van der Waals surface area (Å²) in [5.74, 6) is 0. The van der Waals surface area contributed by atoms with Gasteiger partial charge in [0.1, 0.15) is 0 Å². The van der Waals surface area contributed by atoms with Crippen molar-refractivity contribution >= 4 is 84.8 Å². The van der Waals surface area contributed by atoms with Gasteiger partial charge in [-0.3, -0.25) is 4.98 Å². The number of nitrogens with zero attached hydrogens (tertiary/aromatic N) is 2. The molecule has 0 aliphatic rings. The Morgan fingerprint density at radius 3 is 1.55 bits per heavy atom. The molecule has 0 fully saturated rings. The summed E-state index contributed by atoms with van der Waals surface area (Å²) in [6, 6.07) is 31.0.